The molecular formula is C10H15N3O2. The first-order valence-electron chi connectivity index (χ1n) is 4.70. The van der Waals surface area contributed by atoms with Crippen LogP contribution < -0.4 is 10.5 Å². The van der Waals surface area contributed by atoms with Crippen molar-refractivity contribution in [2.24, 2.45) is 16.8 Å². The molecule has 0 spiro atoms. The molecule has 1 aromatic rings. The van der Waals surface area contributed by atoms with Gasteiger partial charge in [-0.15, -0.1) is 0 Å². The molecule has 5 nitrogen and oxygen atoms in total. The lowest BCUT2D eigenvalue weighted by Crippen LogP contribution is -2.16. The van der Waals surface area contributed by atoms with E-state index in [1.807, 2.05) is 13.8 Å². The number of oxime groups is 1. The third kappa shape index (κ3) is 3.12. The van der Waals surface area contributed by atoms with Crippen molar-refractivity contribution in [2.45, 2.75) is 13.8 Å². The van der Waals surface area contributed by atoms with Crippen LogP contribution in [0.4, 0.5) is 0 Å². The molecule has 0 saturated heterocycles. The molecule has 0 aromatic carbocycles. The SMILES string of the molecule is CC(C)COc1cnccc1/C(N)=N/O. The van der Waals surface area contributed by atoms with Crippen molar-refractivity contribution >= 4 is 5.84 Å². The van der Waals surface area contributed by atoms with Crippen molar-refractivity contribution in [3.05, 3.63) is 24.0 Å². The summed E-state index contributed by atoms with van der Waals surface area (Å²) in [5.74, 6) is 0.961. The second kappa shape index (κ2) is 5.19. The Balaban J connectivity index is 2.87. The first-order chi connectivity index (χ1) is 7.15. The fourth-order valence-electron chi connectivity index (χ4n) is 1.02. The summed E-state index contributed by atoms with van der Waals surface area (Å²) in [6.45, 7) is 4.65. The number of aromatic nitrogens is 1. The van der Waals surface area contributed by atoms with Gasteiger partial charge in [-0.1, -0.05) is 19.0 Å². The molecule has 15 heavy (non-hydrogen) atoms. The number of hydrogen-bond donors (Lipinski definition) is 2. The highest BCUT2D eigenvalue weighted by Gasteiger charge is 2.08. The zero-order valence-electron chi connectivity index (χ0n) is 8.84. The molecule has 0 atom stereocenters. The number of pyridine rings is 1. The highest BCUT2D eigenvalue weighted by molar-refractivity contribution is 5.99. The van der Waals surface area contributed by atoms with Crippen molar-refractivity contribution < 1.29 is 9.94 Å². The fraction of sp³-hybridized carbons (Fsp3) is 0.400. The quantitative estimate of drug-likeness (QED) is 0.338. The first kappa shape index (κ1) is 11.3. The molecule has 1 rings (SSSR count). The first-order valence-corrected chi connectivity index (χ1v) is 4.70. The van der Waals surface area contributed by atoms with E-state index in [0.29, 0.717) is 23.8 Å². The van der Waals surface area contributed by atoms with Crippen LogP contribution in [0.5, 0.6) is 5.75 Å². The van der Waals surface area contributed by atoms with Crippen molar-refractivity contribution in [1.82, 2.24) is 4.98 Å². The van der Waals surface area contributed by atoms with Gasteiger partial charge in [0.25, 0.3) is 0 Å². The predicted molar refractivity (Wildman–Crippen MR) is 57.1 cm³/mol. The molecular weight excluding hydrogens is 194 g/mol. The summed E-state index contributed by atoms with van der Waals surface area (Å²) in [5.41, 5.74) is 6.04. The van der Waals surface area contributed by atoms with Gasteiger partial charge in [-0.3, -0.25) is 4.98 Å². The van der Waals surface area contributed by atoms with Gasteiger partial charge in [0, 0.05) is 6.20 Å². The third-order valence-electron chi connectivity index (χ3n) is 1.74. The van der Waals surface area contributed by atoms with Gasteiger partial charge < -0.3 is 15.7 Å². The number of hydrogen-bond acceptors (Lipinski definition) is 4. The highest BCUT2D eigenvalue weighted by Crippen LogP contribution is 2.16. The Bertz CT molecular complexity index is 350. The predicted octanol–water partition coefficient (Wildman–Crippen LogP) is 1.21. The van der Waals surface area contributed by atoms with Crippen LogP contribution in [0.25, 0.3) is 0 Å². The second-order valence-electron chi connectivity index (χ2n) is 3.56. The topological polar surface area (TPSA) is 80.7 Å². The summed E-state index contributed by atoms with van der Waals surface area (Å²) in [5, 5.41) is 11.5. The molecule has 3 N–H and O–H groups in total. The van der Waals surface area contributed by atoms with Gasteiger partial charge in [0.05, 0.1) is 18.4 Å². The Hall–Kier alpha value is -1.78. The standard InChI is InChI=1S/C10H15N3O2/c1-7(2)6-15-9-5-12-4-3-8(9)10(11)13-14/h3-5,7,14H,6H2,1-2H3,(H2,11,13). The number of amidine groups is 1. The molecule has 0 amide bonds. The molecule has 0 aliphatic rings. The zero-order chi connectivity index (χ0) is 11.3. The van der Waals surface area contributed by atoms with Crippen molar-refractivity contribution in [1.29, 1.82) is 0 Å². The van der Waals surface area contributed by atoms with Gasteiger partial charge in [0.15, 0.2) is 5.84 Å². The van der Waals surface area contributed by atoms with E-state index in [4.69, 9.17) is 15.7 Å². The molecule has 1 aromatic heterocycles. The summed E-state index contributed by atoms with van der Waals surface area (Å²) >= 11 is 0. The zero-order valence-corrected chi connectivity index (χ0v) is 8.84. The van der Waals surface area contributed by atoms with E-state index in [1.165, 1.54) is 0 Å². The van der Waals surface area contributed by atoms with Gasteiger partial charge in [-0.2, -0.15) is 0 Å². The van der Waals surface area contributed by atoms with E-state index in [2.05, 4.69) is 10.1 Å². The molecule has 0 unspecified atom stereocenters. The van der Waals surface area contributed by atoms with Crippen molar-refractivity contribution in [2.75, 3.05) is 6.61 Å². The van der Waals surface area contributed by atoms with Crippen LogP contribution in [0, 0.1) is 5.92 Å². The average Bonchev–Trinajstić information content (AvgIpc) is 2.25. The lowest BCUT2D eigenvalue weighted by atomic mass is 10.2. The average molecular weight is 209 g/mol. The largest absolute Gasteiger partial charge is 0.491 e. The fourth-order valence-corrected chi connectivity index (χ4v) is 1.02. The summed E-state index contributed by atoms with van der Waals surface area (Å²) in [6.07, 6.45) is 3.12. The lowest BCUT2D eigenvalue weighted by Gasteiger charge is -2.11. The molecule has 5 heteroatoms. The van der Waals surface area contributed by atoms with Gasteiger partial charge in [0.2, 0.25) is 0 Å². The minimum Gasteiger partial charge on any atom is -0.491 e. The van der Waals surface area contributed by atoms with Gasteiger partial charge >= 0.3 is 0 Å². The molecule has 0 fully saturated rings. The van der Waals surface area contributed by atoms with E-state index >= 15 is 0 Å². The molecule has 82 valence electrons. The molecule has 0 saturated carbocycles. The van der Waals surface area contributed by atoms with Crippen LogP contribution in [0.3, 0.4) is 0 Å². The molecule has 1 heterocycles. The van der Waals surface area contributed by atoms with Crippen molar-refractivity contribution in [3.8, 4) is 5.75 Å². The minimum atomic E-state index is 0.0242. The van der Waals surface area contributed by atoms with Crippen LogP contribution in [-0.2, 0) is 0 Å². The summed E-state index contributed by atoms with van der Waals surface area (Å²) in [4.78, 5) is 3.92. The van der Waals surface area contributed by atoms with Gasteiger partial charge in [-0.25, -0.2) is 0 Å². The van der Waals surface area contributed by atoms with Crippen LogP contribution in [-0.4, -0.2) is 22.6 Å². The summed E-state index contributed by atoms with van der Waals surface area (Å²) in [7, 11) is 0. The number of nitrogens with two attached hydrogens (primary N) is 1. The second-order valence-corrected chi connectivity index (χ2v) is 3.56. The number of rotatable bonds is 4. The van der Waals surface area contributed by atoms with Crippen LogP contribution >= 0.6 is 0 Å². The Morgan fingerprint density at radius 1 is 1.67 bits per heavy atom. The van der Waals surface area contributed by atoms with E-state index in [9.17, 15) is 0 Å². The maximum atomic E-state index is 8.58. The molecule has 0 bridgehead atoms. The van der Waals surface area contributed by atoms with Crippen LogP contribution in [0.1, 0.15) is 19.4 Å². The smallest absolute Gasteiger partial charge is 0.173 e. The Morgan fingerprint density at radius 3 is 3.00 bits per heavy atom. The van der Waals surface area contributed by atoms with Crippen LogP contribution in [0.15, 0.2) is 23.6 Å². The Kier molecular flexibility index (Phi) is 3.91. The van der Waals surface area contributed by atoms with Gasteiger partial charge in [-0.05, 0) is 12.0 Å². The normalized spacial score (nSPS) is 11.8. The van der Waals surface area contributed by atoms with E-state index in [1.54, 1.807) is 18.5 Å². The van der Waals surface area contributed by atoms with Crippen molar-refractivity contribution in [3.63, 3.8) is 0 Å². The van der Waals surface area contributed by atoms with Gasteiger partial charge in [0.1, 0.15) is 5.75 Å². The summed E-state index contributed by atoms with van der Waals surface area (Å²) in [6, 6.07) is 1.64. The van der Waals surface area contributed by atoms with E-state index in [-0.39, 0.29) is 5.84 Å². The number of nitrogens with zero attached hydrogens (tertiary/aromatic N) is 2. The monoisotopic (exact) mass is 209 g/mol. The molecule has 0 aliphatic carbocycles. The van der Waals surface area contributed by atoms with E-state index < -0.39 is 0 Å². The maximum Gasteiger partial charge on any atom is 0.173 e. The Labute approximate surface area is 88.6 Å². The highest BCUT2D eigenvalue weighted by atomic mass is 16.5. The summed E-state index contributed by atoms with van der Waals surface area (Å²) < 4.78 is 5.49. The lowest BCUT2D eigenvalue weighted by molar-refractivity contribution is 0.269. The number of ether oxygens (including phenoxy) is 1. The third-order valence-corrected chi connectivity index (χ3v) is 1.74. The Morgan fingerprint density at radius 2 is 2.40 bits per heavy atom. The molecule has 0 aliphatic heterocycles. The molecule has 0 radical (unpaired) electrons. The maximum absolute atomic E-state index is 8.58. The van der Waals surface area contributed by atoms with E-state index in [0.717, 1.165) is 0 Å². The minimum absolute atomic E-state index is 0.0242. The van der Waals surface area contributed by atoms with Crippen LogP contribution in [0.2, 0.25) is 0 Å².